The number of nitrogens with zero attached hydrogens (tertiary/aromatic N) is 5. The SMILES string of the molecule is CCNC(=NCc1nccn1C(F)F)N(C)Cc1cc(Cl)cn1C.I. The fourth-order valence-electron chi connectivity index (χ4n) is 2.30. The van der Waals surface area contributed by atoms with Gasteiger partial charge in [0, 0.05) is 44.9 Å². The summed E-state index contributed by atoms with van der Waals surface area (Å²) in [6.45, 7) is 0.642. The molecule has 6 nitrogen and oxygen atoms in total. The predicted octanol–water partition coefficient (Wildman–Crippen LogP) is 3.49. The minimum atomic E-state index is -2.62. The van der Waals surface area contributed by atoms with Crippen LogP contribution in [0.15, 0.2) is 29.6 Å². The summed E-state index contributed by atoms with van der Waals surface area (Å²) in [6.07, 6.45) is 4.42. The summed E-state index contributed by atoms with van der Waals surface area (Å²) in [5, 5.41) is 3.82. The maximum atomic E-state index is 12.9. The van der Waals surface area contributed by atoms with Gasteiger partial charge in [-0.15, -0.1) is 24.0 Å². The maximum Gasteiger partial charge on any atom is 0.319 e. The number of halogens is 4. The zero-order chi connectivity index (χ0) is 17.7. The molecule has 0 unspecified atom stereocenters. The molecular formula is C15H22ClF2IN6. The van der Waals surface area contributed by atoms with Crippen molar-refractivity contribution >= 4 is 41.5 Å². The van der Waals surface area contributed by atoms with E-state index in [1.54, 1.807) is 0 Å². The van der Waals surface area contributed by atoms with Gasteiger partial charge in [0.25, 0.3) is 0 Å². The molecule has 0 radical (unpaired) electrons. The highest BCUT2D eigenvalue weighted by atomic mass is 127. The Morgan fingerprint density at radius 3 is 2.76 bits per heavy atom. The molecule has 0 saturated carbocycles. The number of nitrogens with one attached hydrogen (secondary N) is 1. The first-order valence-electron chi connectivity index (χ1n) is 7.52. The van der Waals surface area contributed by atoms with Gasteiger partial charge in [0.2, 0.25) is 0 Å². The van der Waals surface area contributed by atoms with Crippen molar-refractivity contribution in [2.75, 3.05) is 13.6 Å². The van der Waals surface area contributed by atoms with Crippen LogP contribution in [0.3, 0.4) is 0 Å². The molecule has 0 saturated heterocycles. The zero-order valence-corrected chi connectivity index (χ0v) is 17.4. The van der Waals surface area contributed by atoms with Crippen molar-refractivity contribution in [3.05, 3.63) is 41.2 Å². The summed E-state index contributed by atoms with van der Waals surface area (Å²) in [7, 11) is 3.79. The second kappa shape index (κ2) is 9.95. The molecular weight excluding hydrogens is 465 g/mol. The Hall–Kier alpha value is -1.36. The van der Waals surface area contributed by atoms with Gasteiger partial charge in [-0.3, -0.25) is 4.57 Å². The minimum absolute atomic E-state index is 0. The molecule has 0 spiro atoms. The Labute approximate surface area is 167 Å². The predicted molar refractivity (Wildman–Crippen MR) is 106 cm³/mol. The van der Waals surface area contributed by atoms with Gasteiger partial charge in [-0.2, -0.15) is 8.78 Å². The van der Waals surface area contributed by atoms with Crippen molar-refractivity contribution in [1.82, 2.24) is 24.3 Å². The van der Waals surface area contributed by atoms with Gasteiger partial charge in [0.05, 0.1) is 11.6 Å². The third kappa shape index (κ3) is 5.84. The monoisotopic (exact) mass is 486 g/mol. The number of hydrogen-bond acceptors (Lipinski definition) is 2. The first-order valence-corrected chi connectivity index (χ1v) is 7.90. The molecule has 1 N–H and O–H groups in total. The summed E-state index contributed by atoms with van der Waals surface area (Å²) in [4.78, 5) is 10.2. The molecule has 0 aromatic carbocycles. The van der Waals surface area contributed by atoms with E-state index in [1.807, 2.05) is 42.7 Å². The molecule has 2 aromatic heterocycles. The molecule has 140 valence electrons. The highest BCUT2D eigenvalue weighted by Gasteiger charge is 2.13. The number of aryl methyl sites for hydroxylation is 1. The van der Waals surface area contributed by atoms with Crippen molar-refractivity contribution in [1.29, 1.82) is 0 Å². The standard InChI is InChI=1S/C15H21ClF2N6.HI/c1-4-19-15(21-8-13-20-5-6-24(13)14(17)18)23(3)10-12-7-11(16)9-22(12)2;/h5-7,9,14H,4,8,10H2,1-3H3,(H,19,21);1H. The Kier molecular flexibility index (Phi) is 8.63. The first kappa shape index (κ1) is 21.7. The summed E-state index contributed by atoms with van der Waals surface area (Å²) in [5.41, 5.74) is 1.02. The fourth-order valence-corrected chi connectivity index (χ4v) is 2.57. The van der Waals surface area contributed by atoms with E-state index in [9.17, 15) is 8.78 Å². The van der Waals surface area contributed by atoms with Crippen LogP contribution in [0.25, 0.3) is 0 Å². The van der Waals surface area contributed by atoms with E-state index in [-0.39, 0.29) is 36.3 Å². The van der Waals surface area contributed by atoms with E-state index in [1.165, 1.54) is 12.4 Å². The van der Waals surface area contributed by atoms with Crippen molar-refractivity contribution < 1.29 is 8.78 Å². The highest BCUT2D eigenvalue weighted by molar-refractivity contribution is 14.0. The van der Waals surface area contributed by atoms with Crippen LogP contribution >= 0.6 is 35.6 Å². The Balaban J connectivity index is 0.00000312. The summed E-state index contributed by atoms with van der Waals surface area (Å²) in [6, 6.07) is 1.88. The topological polar surface area (TPSA) is 50.4 Å². The largest absolute Gasteiger partial charge is 0.357 e. The number of alkyl halides is 2. The van der Waals surface area contributed by atoms with Crippen LogP contribution < -0.4 is 5.32 Å². The fraction of sp³-hybridized carbons (Fsp3) is 0.467. The Bertz CT molecular complexity index is 700. The Morgan fingerprint density at radius 2 is 2.20 bits per heavy atom. The molecule has 0 bridgehead atoms. The molecule has 2 heterocycles. The van der Waals surface area contributed by atoms with Crippen molar-refractivity contribution in [2.24, 2.45) is 12.0 Å². The normalized spacial score (nSPS) is 11.6. The molecule has 0 aliphatic carbocycles. The van der Waals surface area contributed by atoms with E-state index < -0.39 is 6.55 Å². The van der Waals surface area contributed by atoms with Gasteiger partial charge in [-0.1, -0.05) is 11.6 Å². The smallest absolute Gasteiger partial charge is 0.319 e. The number of guanidine groups is 1. The minimum Gasteiger partial charge on any atom is -0.357 e. The average Bonchev–Trinajstić information content (AvgIpc) is 3.10. The molecule has 0 amide bonds. The van der Waals surface area contributed by atoms with E-state index in [0.29, 0.717) is 24.1 Å². The molecule has 10 heteroatoms. The van der Waals surface area contributed by atoms with Crippen LogP contribution in [0.4, 0.5) is 8.78 Å². The van der Waals surface area contributed by atoms with Gasteiger partial charge in [0.1, 0.15) is 12.4 Å². The Morgan fingerprint density at radius 1 is 1.48 bits per heavy atom. The van der Waals surface area contributed by atoms with E-state index in [2.05, 4.69) is 15.3 Å². The van der Waals surface area contributed by atoms with Crippen molar-refractivity contribution in [2.45, 2.75) is 26.6 Å². The summed E-state index contributed by atoms with van der Waals surface area (Å²) < 4.78 is 28.5. The molecule has 2 rings (SSSR count). The lowest BCUT2D eigenvalue weighted by atomic mass is 10.4. The zero-order valence-electron chi connectivity index (χ0n) is 14.3. The van der Waals surface area contributed by atoms with Gasteiger partial charge in [-0.05, 0) is 13.0 Å². The second-order valence-corrected chi connectivity index (χ2v) is 5.75. The van der Waals surface area contributed by atoms with Crippen LogP contribution in [-0.2, 0) is 20.1 Å². The van der Waals surface area contributed by atoms with Crippen LogP contribution in [0.1, 0.15) is 25.0 Å². The van der Waals surface area contributed by atoms with Crippen molar-refractivity contribution in [3.63, 3.8) is 0 Å². The van der Waals surface area contributed by atoms with E-state index in [4.69, 9.17) is 11.6 Å². The molecule has 0 aliphatic rings. The lowest BCUT2D eigenvalue weighted by Crippen LogP contribution is -2.38. The van der Waals surface area contributed by atoms with Gasteiger partial charge >= 0.3 is 6.55 Å². The molecule has 0 fully saturated rings. The molecule has 0 atom stereocenters. The van der Waals surface area contributed by atoms with Crippen LogP contribution in [0.2, 0.25) is 5.02 Å². The summed E-state index contributed by atoms with van der Waals surface area (Å²) in [5.74, 6) is 0.828. The molecule has 0 aliphatic heterocycles. The molecule has 2 aromatic rings. The van der Waals surface area contributed by atoms with Crippen LogP contribution in [0, 0.1) is 0 Å². The van der Waals surface area contributed by atoms with Gasteiger partial charge in [0.15, 0.2) is 5.96 Å². The highest BCUT2D eigenvalue weighted by Crippen LogP contribution is 2.15. The van der Waals surface area contributed by atoms with E-state index >= 15 is 0 Å². The molecule has 25 heavy (non-hydrogen) atoms. The van der Waals surface area contributed by atoms with Gasteiger partial charge in [-0.25, -0.2) is 9.98 Å². The number of rotatable bonds is 6. The van der Waals surface area contributed by atoms with Gasteiger partial charge < -0.3 is 14.8 Å². The third-order valence-electron chi connectivity index (χ3n) is 3.50. The van der Waals surface area contributed by atoms with Crippen LogP contribution in [0.5, 0.6) is 0 Å². The number of imidazole rings is 1. The van der Waals surface area contributed by atoms with E-state index in [0.717, 1.165) is 10.3 Å². The van der Waals surface area contributed by atoms with Crippen LogP contribution in [-0.4, -0.2) is 38.6 Å². The third-order valence-corrected chi connectivity index (χ3v) is 3.71. The quantitative estimate of drug-likeness (QED) is 0.386. The first-order chi connectivity index (χ1) is 11.4. The lowest BCUT2D eigenvalue weighted by molar-refractivity contribution is 0.0671. The maximum absolute atomic E-state index is 12.9. The number of aliphatic imine (C=N–C) groups is 1. The summed E-state index contributed by atoms with van der Waals surface area (Å²) >= 11 is 6.00. The second-order valence-electron chi connectivity index (χ2n) is 5.32. The average molecular weight is 487 g/mol. The van der Waals surface area contributed by atoms with Crippen molar-refractivity contribution in [3.8, 4) is 0 Å². The lowest BCUT2D eigenvalue weighted by Gasteiger charge is -2.22. The number of aromatic nitrogens is 3. The number of hydrogen-bond donors (Lipinski definition) is 1.